The van der Waals surface area contributed by atoms with Crippen LogP contribution in [0.2, 0.25) is 5.02 Å². The quantitative estimate of drug-likeness (QED) is 0.572. The van der Waals surface area contributed by atoms with Crippen LogP contribution in [0, 0.1) is 5.82 Å². The number of hydrogen-bond acceptors (Lipinski definition) is 3. The predicted molar refractivity (Wildman–Crippen MR) is 102 cm³/mol. The van der Waals surface area contributed by atoms with Crippen LogP contribution in [-0.2, 0) is 11.2 Å². The van der Waals surface area contributed by atoms with E-state index in [-0.39, 0.29) is 17.4 Å². The lowest BCUT2D eigenvalue weighted by atomic mass is 10.0. The van der Waals surface area contributed by atoms with Crippen molar-refractivity contribution in [1.82, 2.24) is 14.6 Å². The maximum absolute atomic E-state index is 13.2. The van der Waals surface area contributed by atoms with Crippen LogP contribution in [0.15, 0.2) is 67.1 Å². The number of benzene rings is 2. The number of nitrogens with one attached hydrogen (secondary N) is 1. The summed E-state index contributed by atoms with van der Waals surface area (Å²) < 4.78 is 14.9. The van der Waals surface area contributed by atoms with E-state index in [2.05, 4.69) is 15.4 Å². The number of pyridine rings is 1. The number of carbonyl (C=O) groups is 1. The molecule has 0 bridgehead atoms. The zero-order chi connectivity index (χ0) is 18.8. The van der Waals surface area contributed by atoms with Crippen molar-refractivity contribution in [3.05, 3.63) is 83.5 Å². The van der Waals surface area contributed by atoms with Crippen molar-refractivity contribution in [2.45, 2.75) is 6.42 Å². The van der Waals surface area contributed by atoms with E-state index in [1.165, 1.54) is 24.5 Å². The summed E-state index contributed by atoms with van der Waals surface area (Å²) in [6, 6.07) is 15.7. The molecule has 0 aliphatic carbocycles. The predicted octanol–water partition coefficient (Wildman–Crippen LogP) is 4.37. The van der Waals surface area contributed by atoms with E-state index < -0.39 is 5.82 Å². The fraction of sp³-hybridized carbons (Fsp3) is 0.0500. The molecule has 2 aromatic carbocycles. The lowest BCUT2D eigenvalue weighted by Gasteiger charge is -2.07. The van der Waals surface area contributed by atoms with E-state index in [4.69, 9.17) is 11.6 Å². The van der Waals surface area contributed by atoms with Crippen LogP contribution in [0.25, 0.3) is 16.8 Å². The fourth-order valence-electron chi connectivity index (χ4n) is 2.77. The first kappa shape index (κ1) is 17.2. The average molecular weight is 381 g/mol. The highest BCUT2D eigenvalue weighted by Crippen LogP contribution is 2.22. The monoisotopic (exact) mass is 380 g/mol. The van der Waals surface area contributed by atoms with E-state index in [1.807, 2.05) is 42.6 Å². The SMILES string of the molecule is O=C(Cc1ccc(-c2ccn3ncnc3c2)cc1)Nc1ccc(F)c(Cl)c1. The number of carbonyl (C=O) groups excluding carboxylic acids is 1. The second kappa shape index (κ2) is 7.17. The Morgan fingerprint density at radius 2 is 1.89 bits per heavy atom. The third-order valence-corrected chi connectivity index (χ3v) is 4.43. The molecule has 7 heteroatoms. The lowest BCUT2D eigenvalue weighted by Crippen LogP contribution is -2.14. The van der Waals surface area contributed by atoms with Gasteiger partial charge in [-0.3, -0.25) is 4.79 Å². The molecule has 4 aromatic rings. The number of fused-ring (bicyclic) bond motifs is 1. The van der Waals surface area contributed by atoms with Gasteiger partial charge in [0.2, 0.25) is 5.91 Å². The minimum atomic E-state index is -0.519. The highest BCUT2D eigenvalue weighted by molar-refractivity contribution is 6.31. The van der Waals surface area contributed by atoms with Gasteiger partial charge in [-0.15, -0.1) is 0 Å². The molecular formula is C20H14ClFN4O. The van der Waals surface area contributed by atoms with E-state index in [1.54, 1.807) is 4.52 Å². The van der Waals surface area contributed by atoms with E-state index in [9.17, 15) is 9.18 Å². The number of anilines is 1. The molecule has 0 spiro atoms. The topological polar surface area (TPSA) is 59.3 Å². The van der Waals surface area contributed by atoms with Gasteiger partial charge in [0, 0.05) is 11.9 Å². The summed E-state index contributed by atoms with van der Waals surface area (Å²) in [5.41, 5.74) is 4.15. The third kappa shape index (κ3) is 3.80. The first-order valence-corrected chi connectivity index (χ1v) is 8.60. The molecule has 27 heavy (non-hydrogen) atoms. The number of amides is 1. The molecule has 0 atom stereocenters. The van der Waals surface area contributed by atoms with Gasteiger partial charge in [0.1, 0.15) is 12.1 Å². The van der Waals surface area contributed by atoms with E-state index in [0.717, 1.165) is 22.3 Å². The normalized spacial score (nSPS) is 10.9. The summed E-state index contributed by atoms with van der Waals surface area (Å²) in [6.07, 6.45) is 3.57. The molecular weight excluding hydrogens is 367 g/mol. The molecule has 2 aromatic heterocycles. The average Bonchev–Trinajstić information content (AvgIpc) is 3.13. The largest absolute Gasteiger partial charge is 0.326 e. The summed E-state index contributed by atoms with van der Waals surface area (Å²) in [6.45, 7) is 0. The summed E-state index contributed by atoms with van der Waals surface area (Å²) in [7, 11) is 0. The summed E-state index contributed by atoms with van der Waals surface area (Å²) >= 11 is 5.73. The maximum Gasteiger partial charge on any atom is 0.228 e. The Morgan fingerprint density at radius 1 is 1.07 bits per heavy atom. The summed E-state index contributed by atoms with van der Waals surface area (Å²) in [5.74, 6) is -0.718. The molecule has 2 heterocycles. The van der Waals surface area contributed by atoms with Crippen LogP contribution in [0.4, 0.5) is 10.1 Å². The lowest BCUT2D eigenvalue weighted by molar-refractivity contribution is -0.115. The minimum Gasteiger partial charge on any atom is -0.326 e. The molecule has 0 aliphatic rings. The first-order valence-electron chi connectivity index (χ1n) is 8.22. The van der Waals surface area contributed by atoms with Gasteiger partial charge in [-0.2, -0.15) is 5.10 Å². The number of hydrogen-bond donors (Lipinski definition) is 1. The number of rotatable bonds is 4. The molecule has 5 nitrogen and oxygen atoms in total. The second-order valence-electron chi connectivity index (χ2n) is 6.03. The molecule has 134 valence electrons. The Bertz CT molecular complexity index is 1120. The van der Waals surface area contributed by atoms with Crippen molar-refractivity contribution in [3.8, 4) is 11.1 Å². The Kier molecular flexibility index (Phi) is 4.56. The molecule has 1 N–H and O–H groups in total. The number of halogens is 2. The van der Waals surface area contributed by atoms with Crippen molar-refractivity contribution < 1.29 is 9.18 Å². The Labute approximate surface area is 159 Å². The smallest absolute Gasteiger partial charge is 0.228 e. The Morgan fingerprint density at radius 3 is 2.67 bits per heavy atom. The molecule has 0 unspecified atom stereocenters. The van der Waals surface area contributed by atoms with Crippen LogP contribution < -0.4 is 5.32 Å². The van der Waals surface area contributed by atoms with E-state index >= 15 is 0 Å². The Hall–Kier alpha value is -3.25. The highest BCUT2D eigenvalue weighted by atomic mass is 35.5. The summed E-state index contributed by atoms with van der Waals surface area (Å²) in [5, 5.41) is 6.76. The van der Waals surface area contributed by atoms with Crippen molar-refractivity contribution in [1.29, 1.82) is 0 Å². The molecule has 1 amide bonds. The van der Waals surface area contributed by atoms with Crippen LogP contribution in [0.5, 0.6) is 0 Å². The van der Waals surface area contributed by atoms with Gasteiger partial charge in [0.15, 0.2) is 5.65 Å². The standard InChI is InChI=1S/C20H14ClFN4O/c21-17-11-16(5-6-18(17)22)25-20(27)9-13-1-3-14(4-2-13)15-7-8-26-19(10-15)23-12-24-26/h1-8,10-12H,9H2,(H,25,27). The van der Waals surface area contributed by atoms with Gasteiger partial charge < -0.3 is 5.32 Å². The van der Waals surface area contributed by atoms with Crippen LogP contribution in [0.3, 0.4) is 0 Å². The van der Waals surface area contributed by atoms with Gasteiger partial charge in [-0.1, -0.05) is 35.9 Å². The molecule has 0 aliphatic heterocycles. The molecule has 0 radical (unpaired) electrons. The Balaban J connectivity index is 1.45. The van der Waals surface area contributed by atoms with Crippen LogP contribution in [-0.4, -0.2) is 20.5 Å². The minimum absolute atomic E-state index is 0.0261. The molecule has 0 saturated heterocycles. The highest BCUT2D eigenvalue weighted by Gasteiger charge is 2.07. The fourth-order valence-corrected chi connectivity index (χ4v) is 2.95. The van der Waals surface area contributed by atoms with Crippen molar-refractivity contribution in [3.63, 3.8) is 0 Å². The van der Waals surface area contributed by atoms with Crippen molar-refractivity contribution >= 4 is 28.8 Å². The van der Waals surface area contributed by atoms with Gasteiger partial charge in [0.05, 0.1) is 11.4 Å². The van der Waals surface area contributed by atoms with Gasteiger partial charge in [0.25, 0.3) is 0 Å². The second-order valence-corrected chi connectivity index (χ2v) is 6.44. The third-order valence-electron chi connectivity index (χ3n) is 4.14. The number of aromatic nitrogens is 3. The first-order chi connectivity index (χ1) is 13.1. The zero-order valence-corrected chi connectivity index (χ0v) is 14.8. The van der Waals surface area contributed by atoms with Crippen molar-refractivity contribution in [2.24, 2.45) is 0 Å². The van der Waals surface area contributed by atoms with Crippen LogP contribution in [0.1, 0.15) is 5.56 Å². The molecule has 0 fully saturated rings. The molecule has 0 saturated carbocycles. The summed E-state index contributed by atoms with van der Waals surface area (Å²) in [4.78, 5) is 16.4. The van der Waals surface area contributed by atoms with E-state index in [0.29, 0.717) is 5.69 Å². The van der Waals surface area contributed by atoms with Crippen molar-refractivity contribution in [2.75, 3.05) is 5.32 Å². The zero-order valence-electron chi connectivity index (χ0n) is 14.1. The van der Waals surface area contributed by atoms with Gasteiger partial charge >= 0.3 is 0 Å². The van der Waals surface area contributed by atoms with Gasteiger partial charge in [-0.25, -0.2) is 13.9 Å². The molecule has 4 rings (SSSR count). The van der Waals surface area contributed by atoms with Crippen LogP contribution >= 0.6 is 11.6 Å². The van der Waals surface area contributed by atoms with Gasteiger partial charge in [-0.05, 0) is 47.0 Å². The number of nitrogens with zero attached hydrogens (tertiary/aromatic N) is 3. The maximum atomic E-state index is 13.2.